The van der Waals surface area contributed by atoms with E-state index in [0.29, 0.717) is 32.7 Å². The van der Waals surface area contributed by atoms with Crippen LogP contribution >= 0.6 is 0 Å². The largest absolute Gasteiger partial charge is 0.493 e. The molecule has 0 bridgehead atoms. The summed E-state index contributed by atoms with van der Waals surface area (Å²) in [6.07, 6.45) is 2.32. The third kappa shape index (κ3) is 6.92. The Hall–Kier alpha value is -2.57. The molecule has 1 fully saturated rings. The van der Waals surface area contributed by atoms with Crippen molar-refractivity contribution < 1.29 is 24.2 Å². The molecule has 148 valence electrons. The SMILES string of the molecule is CN(CCCC(=O)O)C(=O)C1CCCN(C(=O)CCOc2ccccc2)C1. The molecule has 1 aliphatic heterocycles. The quantitative estimate of drug-likeness (QED) is 0.712. The monoisotopic (exact) mass is 376 g/mol. The summed E-state index contributed by atoms with van der Waals surface area (Å²) >= 11 is 0. The number of benzene rings is 1. The van der Waals surface area contributed by atoms with E-state index in [0.717, 1.165) is 18.6 Å². The lowest BCUT2D eigenvalue weighted by molar-refractivity contribution is -0.141. The number of carbonyl (C=O) groups excluding carboxylic acids is 2. The predicted molar refractivity (Wildman–Crippen MR) is 100 cm³/mol. The van der Waals surface area contributed by atoms with E-state index in [1.807, 2.05) is 30.3 Å². The summed E-state index contributed by atoms with van der Waals surface area (Å²) < 4.78 is 5.57. The second-order valence-corrected chi connectivity index (χ2v) is 6.85. The van der Waals surface area contributed by atoms with Crippen molar-refractivity contribution in [1.82, 2.24) is 9.80 Å². The Labute approximate surface area is 159 Å². The normalized spacial score (nSPS) is 16.6. The Morgan fingerprint density at radius 2 is 1.96 bits per heavy atom. The zero-order chi connectivity index (χ0) is 19.6. The molecule has 0 aliphatic carbocycles. The molecule has 1 atom stereocenters. The Kier molecular flexibility index (Phi) is 8.10. The van der Waals surface area contributed by atoms with Crippen molar-refractivity contribution in [2.45, 2.75) is 32.1 Å². The van der Waals surface area contributed by atoms with Crippen LogP contribution in [0.2, 0.25) is 0 Å². The highest BCUT2D eigenvalue weighted by Gasteiger charge is 2.29. The minimum atomic E-state index is -0.858. The summed E-state index contributed by atoms with van der Waals surface area (Å²) in [5.41, 5.74) is 0. The third-order valence-corrected chi connectivity index (χ3v) is 4.71. The van der Waals surface area contributed by atoms with Gasteiger partial charge in [0.1, 0.15) is 5.75 Å². The lowest BCUT2D eigenvalue weighted by Crippen LogP contribution is -2.46. The molecule has 0 radical (unpaired) electrons. The molecule has 7 nitrogen and oxygen atoms in total. The zero-order valence-electron chi connectivity index (χ0n) is 15.8. The number of ether oxygens (including phenoxy) is 1. The van der Waals surface area contributed by atoms with Gasteiger partial charge in [0.05, 0.1) is 18.9 Å². The van der Waals surface area contributed by atoms with Crippen LogP contribution in [-0.2, 0) is 14.4 Å². The van der Waals surface area contributed by atoms with Crippen molar-refractivity contribution in [2.24, 2.45) is 5.92 Å². The molecule has 7 heteroatoms. The first-order valence-corrected chi connectivity index (χ1v) is 9.39. The van der Waals surface area contributed by atoms with Crippen LogP contribution in [-0.4, -0.2) is 66.0 Å². The number of nitrogens with zero attached hydrogens (tertiary/aromatic N) is 2. The lowest BCUT2D eigenvalue weighted by atomic mass is 9.96. The molecular formula is C20H28N2O5. The smallest absolute Gasteiger partial charge is 0.303 e. The molecule has 0 aromatic heterocycles. The minimum Gasteiger partial charge on any atom is -0.493 e. The van der Waals surface area contributed by atoms with Gasteiger partial charge in [0.25, 0.3) is 0 Å². The number of carbonyl (C=O) groups is 3. The van der Waals surface area contributed by atoms with Gasteiger partial charge in [0.15, 0.2) is 0 Å². The van der Waals surface area contributed by atoms with Gasteiger partial charge < -0.3 is 19.6 Å². The fourth-order valence-electron chi connectivity index (χ4n) is 3.23. The van der Waals surface area contributed by atoms with Gasteiger partial charge in [-0.2, -0.15) is 0 Å². The van der Waals surface area contributed by atoms with E-state index in [9.17, 15) is 14.4 Å². The first kappa shape index (κ1) is 20.7. The van der Waals surface area contributed by atoms with Gasteiger partial charge in [-0.3, -0.25) is 14.4 Å². The molecular weight excluding hydrogens is 348 g/mol. The number of hydrogen-bond donors (Lipinski definition) is 1. The van der Waals surface area contributed by atoms with Gasteiger partial charge in [-0.05, 0) is 31.4 Å². The highest BCUT2D eigenvalue weighted by molar-refractivity contribution is 5.81. The summed E-state index contributed by atoms with van der Waals surface area (Å²) in [6, 6.07) is 9.36. The van der Waals surface area contributed by atoms with Gasteiger partial charge >= 0.3 is 5.97 Å². The second-order valence-electron chi connectivity index (χ2n) is 6.85. The lowest BCUT2D eigenvalue weighted by Gasteiger charge is -2.34. The van der Waals surface area contributed by atoms with Gasteiger partial charge in [0, 0.05) is 33.1 Å². The molecule has 1 N–H and O–H groups in total. The maximum atomic E-state index is 12.6. The number of likely N-dealkylation sites (tertiary alicyclic amines) is 1. The first-order valence-electron chi connectivity index (χ1n) is 9.39. The second kappa shape index (κ2) is 10.5. The maximum absolute atomic E-state index is 12.6. The van der Waals surface area contributed by atoms with E-state index < -0.39 is 5.97 Å². The number of hydrogen-bond acceptors (Lipinski definition) is 4. The number of aliphatic carboxylic acids is 1. The molecule has 1 aromatic rings. The molecule has 1 heterocycles. The Morgan fingerprint density at radius 3 is 2.67 bits per heavy atom. The molecule has 2 rings (SSSR count). The van der Waals surface area contributed by atoms with Crippen LogP contribution in [0.15, 0.2) is 30.3 Å². The zero-order valence-corrected chi connectivity index (χ0v) is 15.8. The fourth-order valence-corrected chi connectivity index (χ4v) is 3.23. The summed E-state index contributed by atoms with van der Waals surface area (Å²) in [4.78, 5) is 38.9. The number of carboxylic acid groups (broad SMARTS) is 1. The summed E-state index contributed by atoms with van der Waals surface area (Å²) in [7, 11) is 1.69. The van der Waals surface area contributed by atoms with Crippen molar-refractivity contribution in [1.29, 1.82) is 0 Å². The van der Waals surface area contributed by atoms with Crippen molar-refractivity contribution in [2.75, 3.05) is 33.3 Å². The average molecular weight is 376 g/mol. The molecule has 2 amide bonds. The van der Waals surface area contributed by atoms with E-state index in [2.05, 4.69) is 0 Å². The van der Waals surface area contributed by atoms with Crippen LogP contribution in [0.25, 0.3) is 0 Å². The maximum Gasteiger partial charge on any atom is 0.303 e. The Balaban J connectivity index is 1.75. The van der Waals surface area contributed by atoms with Crippen LogP contribution in [0.3, 0.4) is 0 Å². The van der Waals surface area contributed by atoms with Crippen molar-refractivity contribution in [3.63, 3.8) is 0 Å². The van der Waals surface area contributed by atoms with Gasteiger partial charge in [0.2, 0.25) is 11.8 Å². The molecule has 0 spiro atoms. The fraction of sp³-hybridized carbons (Fsp3) is 0.550. The molecule has 1 aliphatic rings. The van der Waals surface area contributed by atoms with Crippen LogP contribution in [0.5, 0.6) is 5.75 Å². The average Bonchev–Trinajstić information content (AvgIpc) is 2.68. The molecule has 1 aromatic carbocycles. The van der Waals surface area contributed by atoms with Crippen LogP contribution in [0.1, 0.15) is 32.1 Å². The summed E-state index contributed by atoms with van der Waals surface area (Å²) in [5.74, 6) is -0.356. The number of carboxylic acids is 1. The number of piperidine rings is 1. The first-order chi connectivity index (χ1) is 13.0. The van der Waals surface area contributed by atoms with Crippen molar-refractivity contribution >= 4 is 17.8 Å². The topological polar surface area (TPSA) is 87.2 Å². The van der Waals surface area contributed by atoms with Gasteiger partial charge in [-0.25, -0.2) is 0 Å². The number of amides is 2. The number of para-hydroxylation sites is 1. The Morgan fingerprint density at radius 1 is 1.22 bits per heavy atom. The van der Waals surface area contributed by atoms with E-state index in [-0.39, 0.29) is 30.6 Å². The van der Waals surface area contributed by atoms with E-state index >= 15 is 0 Å². The Bertz CT molecular complexity index is 635. The number of rotatable bonds is 9. The summed E-state index contributed by atoms with van der Waals surface area (Å²) in [5, 5.41) is 8.70. The third-order valence-electron chi connectivity index (χ3n) is 4.71. The highest BCUT2D eigenvalue weighted by atomic mass is 16.5. The molecule has 0 saturated carbocycles. The van der Waals surface area contributed by atoms with Crippen molar-refractivity contribution in [3.05, 3.63) is 30.3 Å². The molecule has 27 heavy (non-hydrogen) atoms. The van der Waals surface area contributed by atoms with Crippen LogP contribution < -0.4 is 4.74 Å². The van der Waals surface area contributed by atoms with Gasteiger partial charge in [-0.1, -0.05) is 18.2 Å². The predicted octanol–water partition coefficient (Wildman–Crippen LogP) is 2.02. The highest BCUT2D eigenvalue weighted by Crippen LogP contribution is 2.19. The van der Waals surface area contributed by atoms with E-state index in [1.54, 1.807) is 16.8 Å². The van der Waals surface area contributed by atoms with Crippen LogP contribution in [0.4, 0.5) is 0 Å². The van der Waals surface area contributed by atoms with Crippen molar-refractivity contribution in [3.8, 4) is 5.75 Å². The molecule has 1 saturated heterocycles. The van der Waals surface area contributed by atoms with E-state index in [1.165, 1.54) is 0 Å². The van der Waals surface area contributed by atoms with E-state index in [4.69, 9.17) is 9.84 Å². The van der Waals surface area contributed by atoms with Gasteiger partial charge in [-0.15, -0.1) is 0 Å². The minimum absolute atomic E-state index is 0.00281. The standard InChI is InChI=1S/C20H28N2O5/c1-21(12-6-10-19(24)25)20(26)16-7-5-13-22(15-16)18(23)11-14-27-17-8-3-2-4-9-17/h2-4,8-9,16H,5-7,10-15H2,1H3,(H,24,25). The summed E-state index contributed by atoms with van der Waals surface area (Å²) in [6.45, 7) is 1.82. The molecule has 1 unspecified atom stereocenters. The van der Waals surface area contributed by atoms with Crippen LogP contribution in [0, 0.1) is 5.92 Å².